The third-order valence-electron chi connectivity index (χ3n) is 7.09. The Hall–Kier alpha value is -5.68. The van der Waals surface area contributed by atoms with Crippen LogP contribution in [0.15, 0.2) is 94.9 Å². The molecule has 7 aromatic heterocycles. The van der Waals surface area contributed by atoms with Gasteiger partial charge in [-0.1, -0.05) is 10.6 Å². The van der Waals surface area contributed by atoms with Gasteiger partial charge < -0.3 is 14.4 Å². The highest BCUT2D eigenvalue weighted by atomic mass is 32.1. The first-order chi connectivity index (χ1) is 21.4. The van der Waals surface area contributed by atoms with E-state index >= 15 is 0 Å². The predicted octanol–water partition coefficient (Wildman–Crippen LogP) is 3.55. The van der Waals surface area contributed by atoms with Gasteiger partial charge >= 0.3 is 0 Å². The van der Waals surface area contributed by atoms with Crippen LogP contribution in [0.1, 0.15) is 34.5 Å². The third kappa shape index (κ3) is 3.86. The smallest absolute Gasteiger partial charge is 0.211 e. The molecule has 210 valence electrons. The van der Waals surface area contributed by atoms with Gasteiger partial charge in [-0.2, -0.15) is 24.9 Å². The summed E-state index contributed by atoms with van der Waals surface area (Å²) in [5.41, 5.74) is 2.88. The highest BCUT2D eigenvalue weighted by Gasteiger charge is 2.60. The van der Waals surface area contributed by atoms with E-state index in [-0.39, 0.29) is 0 Å². The van der Waals surface area contributed by atoms with Crippen molar-refractivity contribution in [2.45, 2.75) is 11.7 Å². The van der Waals surface area contributed by atoms with E-state index in [1.54, 1.807) is 18.6 Å². The Morgan fingerprint density at radius 1 is 0.930 bits per heavy atom. The molecule has 0 aliphatic carbocycles. The number of hydrogen-bond donors (Lipinski definition) is 2. The maximum atomic E-state index is 5.32. The fourth-order valence-corrected chi connectivity index (χ4v) is 6.56. The quantitative estimate of drug-likeness (QED) is 0.269. The van der Waals surface area contributed by atoms with E-state index in [2.05, 4.69) is 50.4 Å². The SMILES string of the molecule is c1ccc(C2C(c3conn3)=C(c3csnn3)N(c3cn[nH]n3)C(c3cccnn3)(c3ccsn3)N2c2ccc[nH]2)nc1. The summed E-state index contributed by atoms with van der Waals surface area (Å²) < 4.78 is 14.5. The van der Waals surface area contributed by atoms with Crippen LogP contribution in [0.25, 0.3) is 11.3 Å². The fourth-order valence-electron chi connectivity index (χ4n) is 5.57. The summed E-state index contributed by atoms with van der Waals surface area (Å²) in [5, 5.41) is 37.2. The van der Waals surface area contributed by atoms with E-state index in [0.29, 0.717) is 45.6 Å². The monoisotopic (exact) mass is 606 g/mol. The van der Waals surface area contributed by atoms with Crippen LogP contribution in [0.4, 0.5) is 11.6 Å². The highest BCUT2D eigenvalue weighted by molar-refractivity contribution is 7.03. The molecule has 1 aliphatic heterocycles. The topological polar surface area (TPSA) is 180 Å². The second kappa shape index (κ2) is 10.3. The Bertz CT molecular complexity index is 1930. The number of pyridine rings is 1. The van der Waals surface area contributed by atoms with Crippen LogP contribution < -0.4 is 9.80 Å². The molecule has 0 fully saturated rings. The summed E-state index contributed by atoms with van der Waals surface area (Å²) in [6, 6.07) is 14.7. The van der Waals surface area contributed by atoms with Gasteiger partial charge in [0.05, 0.1) is 17.6 Å². The lowest BCUT2D eigenvalue weighted by atomic mass is 9.83. The average Bonchev–Trinajstić information content (AvgIpc) is 3.90. The molecule has 2 unspecified atom stereocenters. The number of nitrogens with zero attached hydrogens (tertiary/aromatic N) is 12. The van der Waals surface area contributed by atoms with E-state index in [0.717, 1.165) is 5.82 Å². The zero-order chi connectivity index (χ0) is 28.6. The first kappa shape index (κ1) is 25.1. The summed E-state index contributed by atoms with van der Waals surface area (Å²) in [6.07, 6.45) is 8.36. The molecule has 1 aliphatic rings. The molecule has 0 saturated carbocycles. The molecule has 0 saturated heterocycles. The van der Waals surface area contributed by atoms with Crippen molar-refractivity contribution >= 4 is 46.0 Å². The van der Waals surface area contributed by atoms with Crippen LogP contribution in [-0.4, -0.2) is 59.9 Å². The van der Waals surface area contributed by atoms with Gasteiger partial charge in [-0.05, 0) is 65.5 Å². The number of rotatable bonds is 7. The van der Waals surface area contributed by atoms with Gasteiger partial charge in [0.15, 0.2) is 12.1 Å². The maximum absolute atomic E-state index is 5.32. The molecule has 15 nitrogen and oxygen atoms in total. The number of anilines is 2. The molecule has 17 heteroatoms. The minimum absolute atomic E-state index is 0.451. The molecule has 2 atom stereocenters. The van der Waals surface area contributed by atoms with Crippen LogP contribution in [-0.2, 0) is 5.66 Å². The molecular formula is C26H18N14OS2. The Morgan fingerprint density at radius 3 is 2.60 bits per heavy atom. The maximum Gasteiger partial charge on any atom is 0.211 e. The van der Waals surface area contributed by atoms with Crippen molar-refractivity contribution in [3.8, 4) is 0 Å². The van der Waals surface area contributed by atoms with Crippen LogP contribution in [0, 0.1) is 0 Å². The van der Waals surface area contributed by atoms with Gasteiger partial charge in [0.1, 0.15) is 34.6 Å². The van der Waals surface area contributed by atoms with Gasteiger partial charge in [-0.25, -0.2) is 0 Å². The van der Waals surface area contributed by atoms with E-state index < -0.39 is 11.7 Å². The summed E-state index contributed by atoms with van der Waals surface area (Å²) in [4.78, 5) is 12.4. The Morgan fingerprint density at radius 2 is 1.93 bits per heavy atom. The zero-order valence-corrected chi connectivity index (χ0v) is 23.5. The highest BCUT2D eigenvalue weighted by Crippen LogP contribution is 2.57. The Kier molecular flexibility index (Phi) is 6.00. The van der Waals surface area contributed by atoms with Gasteiger partial charge in [0, 0.05) is 40.2 Å². The van der Waals surface area contributed by atoms with E-state index in [9.17, 15) is 0 Å². The van der Waals surface area contributed by atoms with Crippen molar-refractivity contribution < 1.29 is 4.52 Å². The fraction of sp³-hybridized carbons (Fsp3) is 0.0769. The van der Waals surface area contributed by atoms with Crippen molar-refractivity contribution in [3.63, 3.8) is 0 Å². The first-order valence-electron chi connectivity index (χ1n) is 12.8. The molecule has 8 rings (SSSR count). The molecule has 0 radical (unpaired) electrons. The van der Waals surface area contributed by atoms with Crippen molar-refractivity contribution in [2.75, 3.05) is 9.80 Å². The van der Waals surface area contributed by atoms with Crippen molar-refractivity contribution in [3.05, 3.63) is 119 Å². The van der Waals surface area contributed by atoms with Gasteiger partial charge in [-0.15, -0.1) is 15.3 Å². The van der Waals surface area contributed by atoms with Gasteiger partial charge in [0.2, 0.25) is 5.66 Å². The molecule has 2 N–H and O–H groups in total. The predicted molar refractivity (Wildman–Crippen MR) is 155 cm³/mol. The van der Waals surface area contributed by atoms with Crippen molar-refractivity contribution in [2.24, 2.45) is 0 Å². The van der Waals surface area contributed by atoms with Crippen molar-refractivity contribution in [1.82, 2.24) is 59.9 Å². The first-order valence-corrected chi connectivity index (χ1v) is 14.5. The molecule has 0 bridgehead atoms. The van der Waals surface area contributed by atoms with Crippen molar-refractivity contribution in [1.29, 1.82) is 0 Å². The van der Waals surface area contributed by atoms with E-state index in [1.165, 1.54) is 29.3 Å². The number of nitrogens with one attached hydrogen (secondary N) is 2. The Balaban J connectivity index is 1.63. The lowest BCUT2D eigenvalue weighted by Gasteiger charge is -2.56. The number of H-pyrrole nitrogens is 2. The van der Waals surface area contributed by atoms with Crippen LogP contribution in [0.2, 0.25) is 0 Å². The Labute approximate surface area is 250 Å². The molecule has 0 amide bonds. The summed E-state index contributed by atoms with van der Waals surface area (Å²) in [7, 11) is 0. The largest absolute Gasteiger partial charge is 0.348 e. The van der Waals surface area contributed by atoms with E-state index in [1.807, 2.05) is 70.4 Å². The second-order valence-corrected chi connectivity index (χ2v) is 10.5. The summed E-state index contributed by atoms with van der Waals surface area (Å²) >= 11 is 2.54. The molecule has 0 aromatic carbocycles. The molecule has 7 aromatic rings. The lowest BCUT2D eigenvalue weighted by Crippen LogP contribution is -2.64. The zero-order valence-electron chi connectivity index (χ0n) is 21.8. The molecule has 43 heavy (non-hydrogen) atoms. The summed E-state index contributed by atoms with van der Waals surface area (Å²) in [5.74, 6) is 1.18. The molecule has 0 spiro atoms. The lowest BCUT2D eigenvalue weighted by molar-refractivity contribution is 0.392. The van der Waals surface area contributed by atoms with Crippen LogP contribution in [0.5, 0.6) is 0 Å². The average molecular weight is 607 g/mol. The number of aromatic nitrogens is 12. The minimum atomic E-state index is -1.34. The normalized spacial score (nSPS) is 18.8. The molecule has 8 heterocycles. The number of aromatic amines is 2. The molecular weight excluding hydrogens is 589 g/mol. The van der Waals surface area contributed by atoms with E-state index in [4.69, 9.17) is 19.0 Å². The third-order valence-corrected chi connectivity index (χ3v) is 8.15. The standard InChI is InChI=1S/C26H18N14OS2/c1-2-9-27-16(5-1)24-23(17-14-41-37-31-17)25(18-15-43-38-32-18)40(22-13-30-36-34-22)26(20-8-12-42-35-20,19-6-3-11-29-33-19)39(24)21-7-4-10-28-21/h1-15,24,28H,(H,30,34,36). The van der Waals surface area contributed by atoms with Gasteiger partial charge in [0.25, 0.3) is 0 Å². The second-order valence-electron chi connectivity index (χ2n) is 9.25. The van der Waals surface area contributed by atoms with Crippen LogP contribution >= 0.6 is 23.1 Å². The number of hydrogen-bond acceptors (Lipinski definition) is 15. The summed E-state index contributed by atoms with van der Waals surface area (Å²) in [6.45, 7) is 0. The van der Waals surface area contributed by atoms with Crippen LogP contribution in [0.3, 0.4) is 0 Å². The van der Waals surface area contributed by atoms with Gasteiger partial charge in [-0.3, -0.25) is 9.88 Å². The minimum Gasteiger partial charge on any atom is -0.348 e.